The molecule has 0 bridgehead atoms. The molecule has 0 aromatic heterocycles. The number of amidine groups is 1. The average molecular weight is 544 g/mol. The Morgan fingerprint density at radius 2 is 1.68 bits per heavy atom. The number of hydrogen-bond donors (Lipinski definition) is 2. The van der Waals surface area contributed by atoms with Crippen molar-refractivity contribution in [2.45, 2.75) is 12.5 Å². The van der Waals surface area contributed by atoms with E-state index >= 15 is 0 Å². The number of rotatable bonds is 8. The van der Waals surface area contributed by atoms with Gasteiger partial charge in [0.25, 0.3) is 5.91 Å². The van der Waals surface area contributed by atoms with Gasteiger partial charge >= 0.3 is 12.1 Å². The van der Waals surface area contributed by atoms with Crippen molar-refractivity contribution in [3.05, 3.63) is 77.9 Å². The summed E-state index contributed by atoms with van der Waals surface area (Å²) in [5.74, 6) is -0.561. The van der Waals surface area contributed by atoms with Crippen LogP contribution in [-0.4, -0.2) is 92.6 Å². The van der Waals surface area contributed by atoms with E-state index in [1.807, 2.05) is 36.4 Å². The SMILES string of the molecule is COC(=O)CCN1CCN(CC2CN(c3ccc(C(=N)NC(=O)c4cccc5ccccc45)cc3)C(=O)O2)CC1. The van der Waals surface area contributed by atoms with Gasteiger partial charge in [0.05, 0.1) is 20.1 Å². The minimum Gasteiger partial charge on any atom is -0.469 e. The lowest BCUT2D eigenvalue weighted by molar-refractivity contribution is -0.141. The molecule has 2 fully saturated rings. The molecule has 2 saturated heterocycles. The van der Waals surface area contributed by atoms with Crippen LogP contribution >= 0.6 is 0 Å². The molecule has 2 aliphatic rings. The third-order valence-corrected chi connectivity index (χ3v) is 7.40. The molecule has 0 aliphatic carbocycles. The maximum Gasteiger partial charge on any atom is 0.414 e. The molecule has 2 aliphatic heterocycles. The van der Waals surface area contributed by atoms with Crippen LogP contribution < -0.4 is 10.2 Å². The van der Waals surface area contributed by atoms with E-state index in [2.05, 4.69) is 15.1 Å². The van der Waals surface area contributed by atoms with E-state index in [-0.39, 0.29) is 23.8 Å². The first-order chi connectivity index (χ1) is 19.4. The Balaban J connectivity index is 1.13. The molecule has 1 atom stereocenters. The van der Waals surface area contributed by atoms with E-state index in [0.717, 1.165) is 37.0 Å². The van der Waals surface area contributed by atoms with Gasteiger partial charge in [-0.1, -0.05) is 36.4 Å². The number of benzene rings is 3. The van der Waals surface area contributed by atoms with Crippen molar-refractivity contribution in [2.75, 3.05) is 57.8 Å². The van der Waals surface area contributed by atoms with E-state index in [4.69, 9.17) is 14.9 Å². The van der Waals surface area contributed by atoms with Gasteiger partial charge in [0, 0.05) is 56.1 Å². The highest BCUT2D eigenvalue weighted by atomic mass is 16.6. The molecule has 0 saturated carbocycles. The minimum absolute atomic E-state index is 0.0166. The fourth-order valence-corrected chi connectivity index (χ4v) is 5.15. The van der Waals surface area contributed by atoms with Gasteiger partial charge in [-0.15, -0.1) is 0 Å². The molecule has 10 nitrogen and oxygen atoms in total. The Labute approximate surface area is 232 Å². The van der Waals surface area contributed by atoms with Crippen molar-refractivity contribution >= 4 is 40.3 Å². The zero-order chi connectivity index (χ0) is 28.1. The van der Waals surface area contributed by atoms with Gasteiger partial charge in [-0.25, -0.2) is 4.79 Å². The maximum absolute atomic E-state index is 12.9. The van der Waals surface area contributed by atoms with Crippen molar-refractivity contribution in [3.63, 3.8) is 0 Å². The van der Waals surface area contributed by atoms with Crippen molar-refractivity contribution in [1.29, 1.82) is 5.41 Å². The molecule has 208 valence electrons. The number of methoxy groups -OCH3 is 1. The number of nitrogens with zero attached hydrogens (tertiary/aromatic N) is 3. The topological polar surface area (TPSA) is 115 Å². The Morgan fingerprint density at radius 1 is 0.975 bits per heavy atom. The van der Waals surface area contributed by atoms with Crippen LogP contribution in [0, 0.1) is 5.41 Å². The number of nitrogens with one attached hydrogen (secondary N) is 2. The molecule has 2 N–H and O–H groups in total. The lowest BCUT2D eigenvalue weighted by atomic mass is 10.0. The third kappa shape index (κ3) is 6.30. The number of cyclic esters (lactones) is 1. The molecule has 2 heterocycles. The number of anilines is 1. The van der Waals surface area contributed by atoms with E-state index in [0.29, 0.717) is 42.9 Å². The summed E-state index contributed by atoms with van der Waals surface area (Å²) in [4.78, 5) is 43.0. The summed E-state index contributed by atoms with van der Waals surface area (Å²) in [6.07, 6.45) is -0.249. The van der Waals surface area contributed by atoms with Crippen molar-refractivity contribution in [2.24, 2.45) is 0 Å². The van der Waals surface area contributed by atoms with Crippen LogP contribution in [0.15, 0.2) is 66.7 Å². The highest BCUT2D eigenvalue weighted by Gasteiger charge is 2.34. The normalized spacial score (nSPS) is 18.0. The van der Waals surface area contributed by atoms with Gasteiger partial charge < -0.3 is 19.7 Å². The molecule has 1 unspecified atom stereocenters. The summed E-state index contributed by atoms with van der Waals surface area (Å²) in [7, 11) is 1.40. The number of ether oxygens (including phenoxy) is 2. The number of piperazine rings is 1. The maximum atomic E-state index is 12.9. The zero-order valence-corrected chi connectivity index (χ0v) is 22.5. The molecule has 3 aromatic carbocycles. The molecule has 40 heavy (non-hydrogen) atoms. The average Bonchev–Trinajstić information content (AvgIpc) is 3.35. The van der Waals surface area contributed by atoms with Crippen LogP contribution in [0.3, 0.4) is 0 Å². The Kier molecular flexibility index (Phi) is 8.37. The molecular weight excluding hydrogens is 510 g/mol. The lowest BCUT2D eigenvalue weighted by Crippen LogP contribution is -2.49. The quantitative estimate of drug-likeness (QED) is 0.255. The predicted molar refractivity (Wildman–Crippen MR) is 152 cm³/mol. The molecule has 2 amide bonds. The smallest absolute Gasteiger partial charge is 0.414 e. The van der Waals surface area contributed by atoms with Gasteiger partial charge in [-0.05, 0) is 41.1 Å². The number of fused-ring (bicyclic) bond motifs is 1. The first-order valence-electron chi connectivity index (χ1n) is 13.4. The fraction of sp³-hybridized carbons (Fsp3) is 0.333. The number of carbonyl (C=O) groups is 3. The van der Waals surface area contributed by atoms with Crippen molar-refractivity contribution < 1.29 is 23.9 Å². The monoisotopic (exact) mass is 543 g/mol. The van der Waals surface area contributed by atoms with E-state index in [1.165, 1.54) is 7.11 Å². The number of hydrogen-bond acceptors (Lipinski definition) is 8. The highest BCUT2D eigenvalue weighted by Crippen LogP contribution is 2.23. The summed E-state index contributed by atoms with van der Waals surface area (Å²) < 4.78 is 10.4. The van der Waals surface area contributed by atoms with Crippen molar-refractivity contribution in [3.8, 4) is 0 Å². The van der Waals surface area contributed by atoms with Crippen LogP contribution in [-0.2, 0) is 14.3 Å². The Hall–Kier alpha value is -4.28. The number of carbonyl (C=O) groups excluding carboxylic acids is 3. The minimum atomic E-state index is -0.395. The summed E-state index contributed by atoms with van der Waals surface area (Å²) in [6.45, 7) is 5.17. The molecule has 10 heteroatoms. The molecule has 5 rings (SSSR count). The first-order valence-corrected chi connectivity index (χ1v) is 13.4. The Bertz CT molecular complexity index is 1400. The molecule has 3 aromatic rings. The van der Waals surface area contributed by atoms with Crippen LogP contribution in [0.2, 0.25) is 0 Å². The molecular formula is C30H33N5O5. The van der Waals surface area contributed by atoms with E-state index < -0.39 is 6.09 Å². The van der Waals surface area contributed by atoms with Crippen LogP contribution in [0.25, 0.3) is 10.8 Å². The van der Waals surface area contributed by atoms with Crippen LogP contribution in [0.1, 0.15) is 22.3 Å². The predicted octanol–water partition coefficient (Wildman–Crippen LogP) is 3.10. The van der Waals surface area contributed by atoms with Gasteiger partial charge in [-0.2, -0.15) is 0 Å². The largest absolute Gasteiger partial charge is 0.469 e. The summed E-state index contributed by atoms with van der Waals surface area (Å²) in [6, 6.07) is 20.1. The standard InChI is InChI=1S/C30H33N5O5/c1-39-27(36)13-14-33-15-17-34(18-16-33)19-24-20-35(30(38)40-24)23-11-9-22(10-12-23)28(31)32-29(37)26-8-4-6-21-5-2-3-7-25(21)26/h2-12,24H,13-20H2,1H3,(H2,31,32,37). The zero-order valence-electron chi connectivity index (χ0n) is 22.5. The van der Waals surface area contributed by atoms with Gasteiger partial charge in [-0.3, -0.25) is 24.8 Å². The fourth-order valence-electron chi connectivity index (χ4n) is 5.15. The van der Waals surface area contributed by atoms with E-state index in [9.17, 15) is 14.4 Å². The number of amides is 2. The van der Waals surface area contributed by atoms with Crippen molar-refractivity contribution in [1.82, 2.24) is 15.1 Å². The van der Waals surface area contributed by atoms with Gasteiger partial charge in [0.1, 0.15) is 11.9 Å². The molecule has 0 spiro atoms. The second-order valence-corrected chi connectivity index (χ2v) is 9.99. The summed E-state index contributed by atoms with van der Waals surface area (Å²) in [5.41, 5.74) is 1.72. The van der Waals surface area contributed by atoms with Crippen LogP contribution in [0.5, 0.6) is 0 Å². The van der Waals surface area contributed by atoms with Gasteiger partial charge in [0.2, 0.25) is 0 Å². The lowest BCUT2D eigenvalue weighted by Gasteiger charge is -2.35. The first kappa shape index (κ1) is 27.3. The summed E-state index contributed by atoms with van der Waals surface area (Å²) in [5, 5.41) is 12.9. The van der Waals surface area contributed by atoms with Crippen LogP contribution in [0.4, 0.5) is 10.5 Å². The highest BCUT2D eigenvalue weighted by molar-refractivity contribution is 6.16. The summed E-state index contributed by atoms with van der Waals surface area (Å²) >= 11 is 0. The Morgan fingerprint density at radius 3 is 2.42 bits per heavy atom. The van der Waals surface area contributed by atoms with E-state index in [1.54, 1.807) is 35.2 Å². The van der Waals surface area contributed by atoms with Gasteiger partial charge in [0.15, 0.2) is 0 Å². The second-order valence-electron chi connectivity index (χ2n) is 9.99. The third-order valence-electron chi connectivity index (χ3n) is 7.40. The number of esters is 1. The second kappa shape index (κ2) is 12.3. The molecule has 0 radical (unpaired) electrons.